The number of halogens is 1. The average Bonchev–Trinajstić information content (AvgIpc) is 3.06. The van der Waals surface area contributed by atoms with E-state index in [1.807, 2.05) is 30.3 Å². The first-order valence-corrected chi connectivity index (χ1v) is 8.88. The lowest BCUT2D eigenvalue weighted by molar-refractivity contribution is -0.384. The van der Waals surface area contributed by atoms with Crippen LogP contribution in [-0.2, 0) is 0 Å². The number of hydrogen-bond acceptors (Lipinski definition) is 6. The number of nitrogens with zero attached hydrogens (tertiary/aromatic N) is 2. The number of carbonyl (C=O) groups is 2. The van der Waals surface area contributed by atoms with Crippen LogP contribution in [0.2, 0.25) is 5.02 Å². The minimum Gasteiger partial charge on any atom is -0.298 e. The average molecular weight is 402 g/mol. The van der Waals surface area contributed by atoms with E-state index in [0.717, 1.165) is 23.0 Å². The molecule has 0 aliphatic carbocycles. The van der Waals surface area contributed by atoms with E-state index in [-0.39, 0.29) is 27.2 Å². The molecule has 0 fully saturated rings. The van der Waals surface area contributed by atoms with E-state index in [1.54, 1.807) is 0 Å². The van der Waals surface area contributed by atoms with E-state index < -0.39 is 10.8 Å². The van der Waals surface area contributed by atoms with Crippen molar-refractivity contribution in [1.82, 2.24) is 4.98 Å². The topological polar surface area (TPSA) is 102 Å². The molecule has 3 rings (SSSR count). The number of Topliss-reactive ketones (excluding diaryl/α,β-unsaturated/α-hetero) is 1. The summed E-state index contributed by atoms with van der Waals surface area (Å²) in [4.78, 5) is 39.3. The lowest BCUT2D eigenvalue weighted by Crippen LogP contribution is -2.12. The van der Waals surface area contributed by atoms with Gasteiger partial charge in [0, 0.05) is 24.6 Å². The number of non-ortho nitro benzene ring substituents is 1. The molecule has 0 aliphatic rings. The molecule has 0 aliphatic heterocycles. The van der Waals surface area contributed by atoms with Crippen molar-refractivity contribution in [2.24, 2.45) is 0 Å². The summed E-state index contributed by atoms with van der Waals surface area (Å²) in [5.41, 5.74) is 1.10. The maximum Gasteiger partial charge on any atom is 0.270 e. The summed E-state index contributed by atoms with van der Waals surface area (Å²) >= 11 is 7.04. The Labute approximate surface area is 162 Å². The predicted molar refractivity (Wildman–Crippen MR) is 104 cm³/mol. The van der Waals surface area contributed by atoms with Gasteiger partial charge in [-0.05, 0) is 6.07 Å². The fourth-order valence-electron chi connectivity index (χ4n) is 2.37. The number of amides is 1. The fraction of sp³-hybridized carbons (Fsp3) is 0.0556. The van der Waals surface area contributed by atoms with Gasteiger partial charge >= 0.3 is 0 Å². The Hall–Kier alpha value is -3.10. The van der Waals surface area contributed by atoms with Gasteiger partial charge in [-0.3, -0.25) is 25.0 Å². The van der Waals surface area contributed by atoms with Crippen molar-refractivity contribution in [2.45, 2.75) is 6.92 Å². The van der Waals surface area contributed by atoms with Gasteiger partial charge in [0.15, 0.2) is 10.9 Å². The molecule has 136 valence electrons. The van der Waals surface area contributed by atoms with E-state index in [1.165, 1.54) is 19.1 Å². The molecule has 0 atom stereocenters. The van der Waals surface area contributed by atoms with Crippen molar-refractivity contribution in [1.29, 1.82) is 0 Å². The summed E-state index contributed by atoms with van der Waals surface area (Å²) in [6, 6.07) is 12.7. The van der Waals surface area contributed by atoms with Crippen LogP contribution < -0.4 is 5.32 Å². The number of nitrogens with one attached hydrogen (secondary N) is 1. The molecule has 3 aromatic rings. The third-order valence-electron chi connectivity index (χ3n) is 3.62. The molecule has 1 aromatic heterocycles. The van der Waals surface area contributed by atoms with Crippen LogP contribution in [0.25, 0.3) is 11.3 Å². The largest absolute Gasteiger partial charge is 0.298 e. The number of aromatic nitrogens is 1. The first-order chi connectivity index (χ1) is 12.9. The van der Waals surface area contributed by atoms with Crippen molar-refractivity contribution in [2.75, 3.05) is 5.32 Å². The molecule has 1 amide bonds. The minimum atomic E-state index is -0.598. The molecule has 0 radical (unpaired) electrons. The third kappa shape index (κ3) is 4.02. The number of hydrogen-bond donors (Lipinski definition) is 1. The van der Waals surface area contributed by atoms with Crippen LogP contribution in [0.15, 0.2) is 48.5 Å². The van der Waals surface area contributed by atoms with Gasteiger partial charge in [0.2, 0.25) is 0 Å². The Kier molecular flexibility index (Phi) is 5.29. The van der Waals surface area contributed by atoms with Crippen LogP contribution >= 0.6 is 22.9 Å². The van der Waals surface area contributed by atoms with Gasteiger partial charge < -0.3 is 0 Å². The molecule has 1 N–H and O–H groups in total. The Morgan fingerprint density at radius 2 is 1.89 bits per heavy atom. The second-order valence-corrected chi connectivity index (χ2v) is 6.90. The zero-order valence-corrected chi connectivity index (χ0v) is 15.5. The van der Waals surface area contributed by atoms with E-state index in [2.05, 4.69) is 10.3 Å². The van der Waals surface area contributed by atoms with Gasteiger partial charge in [-0.25, -0.2) is 4.98 Å². The van der Waals surface area contributed by atoms with Gasteiger partial charge in [0.05, 0.1) is 26.1 Å². The number of thiazole rings is 1. The number of rotatable bonds is 5. The Morgan fingerprint density at radius 3 is 2.48 bits per heavy atom. The summed E-state index contributed by atoms with van der Waals surface area (Å²) < 4.78 is 0. The number of ketones is 1. The Balaban J connectivity index is 1.91. The maximum atomic E-state index is 12.5. The summed E-state index contributed by atoms with van der Waals surface area (Å²) in [6.07, 6.45) is 0. The first-order valence-electron chi connectivity index (χ1n) is 7.69. The highest BCUT2D eigenvalue weighted by atomic mass is 35.5. The summed E-state index contributed by atoms with van der Waals surface area (Å²) in [5.74, 6) is -0.737. The number of benzene rings is 2. The van der Waals surface area contributed by atoms with E-state index >= 15 is 0 Å². The smallest absolute Gasteiger partial charge is 0.270 e. The van der Waals surface area contributed by atoms with Gasteiger partial charge in [0.1, 0.15) is 0 Å². The molecule has 2 aromatic carbocycles. The van der Waals surface area contributed by atoms with E-state index in [0.29, 0.717) is 10.6 Å². The highest BCUT2D eigenvalue weighted by Gasteiger charge is 2.20. The second kappa shape index (κ2) is 7.65. The van der Waals surface area contributed by atoms with Gasteiger partial charge in [-0.15, -0.1) is 0 Å². The van der Waals surface area contributed by atoms with Gasteiger partial charge in [-0.1, -0.05) is 53.3 Å². The van der Waals surface area contributed by atoms with Crippen LogP contribution in [0.4, 0.5) is 10.8 Å². The van der Waals surface area contributed by atoms with Crippen molar-refractivity contribution in [3.8, 4) is 11.3 Å². The molecule has 7 nitrogen and oxygen atoms in total. The monoisotopic (exact) mass is 401 g/mol. The molecule has 27 heavy (non-hydrogen) atoms. The molecular formula is C18H12ClN3O4S. The Bertz CT molecular complexity index is 1050. The van der Waals surface area contributed by atoms with Gasteiger partial charge in [0.25, 0.3) is 11.6 Å². The molecule has 0 saturated heterocycles. The maximum absolute atomic E-state index is 12.5. The van der Waals surface area contributed by atoms with Crippen molar-refractivity contribution >= 4 is 45.4 Å². The van der Waals surface area contributed by atoms with Crippen LogP contribution in [0, 0.1) is 10.1 Å². The fourth-order valence-corrected chi connectivity index (χ4v) is 3.51. The highest BCUT2D eigenvalue weighted by Crippen LogP contribution is 2.32. The van der Waals surface area contributed by atoms with Crippen LogP contribution in [0.5, 0.6) is 0 Å². The van der Waals surface area contributed by atoms with Crippen molar-refractivity contribution < 1.29 is 14.5 Å². The predicted octanol–water partition coefficient (Wildman–Crippen LogP) is 4.83. The molecular weight excluding hydrogens is 390 g/mol. The van der Waals surface area contributed by atoms with E-state index in [9.17, 15) is 19.7 Å². The summed E-state index contributed by atoms with van der Waals surface area (Å²) in [6.45, 7) is 1.43. The van der Waals surface area contributed by atoms with Gasteiger partial charge in [-0.2, -0.15) is 0 Å². The van der Waals surface area contributed by atoms with Crippen LogP contribution in [-0.4, -0.2) is 21.6 Å². The summed E-state index contributed by atoms with van der Waals surface area (Å²) in [7, 11) is 0. The standard InChI is InChI=1S/C18H12ClN3O4S/c1-10(23)16-15(11-5-3-2-4-6-11)20-18(27-16)21-17(24)13-8-7-12(22(25)26)9-14(13)19/h2-9H,1H3,(H,20,21,24). The molecule has 9 heteroatoms. The molecule has 0 saturated carbocycles. The number of nitro benzene ring substituents is 1. The van der Waals surface area contributed by atoms with Crippen LogP contribution in [0.3, 0.4) is 0 Å². The third-order valence-corrected chi connectivity index (χ3v) is 5.01. The Morgan fingerprint density at radius 1 is 1.19 bits per heavy atom. The zero-order valence-electron chi connectivity index (χ0n) is 13.9. The second-order valence-electron chi connectivity index (χ2n) is 5.49. The summed E-state index contributed by atoms with van der Waals surface area (Å²) in [5, 5.41) is 13.6. The van der Waals surface area contributed by atoms with E-state index in [4.69, 9.17) is 11.6 Å². The van der Waals surface area contributed by atoms with Crippen molar-refractivity contribution in [3.05, 3.63) is 74.1 Å². The molecule has 0 bridgehead atoms. The SMILES string of the molecule is CC(=O)c1sc(NC(=O)c2ccc([N+](=O)[O-])cc2Cl)nc1-c1ccccc1. The van der Waals surface area contributed by atoms with Crippen LogP contribution in [0.1, 0.15) is 27.0 Å². The zero-order chi connectivity index (χ0) is 19.6. The number of carbonyl (C=O) groups excluding carboxylic acids is 2. The van der Waals surface area contributed by atoms with Crippen molar-refractivity contribution in [3.63, 3.8) is 0 Å². The highest BCUT2D eigenvalue weighted by molar-refractivity contribution is 7.18. The molecule has 0 unspecified atom stereocenters. The quantitative estimate of drug-likeness (QED) is 0.375. The molecule has 1 heterocycles. The normalized spacial score (nSPS) is 10.4. The lowest BCUT2D eigenvalue weighted by Gasteiger charge is -2.04. The first kappa shape index (κ1) is 18.7. The molecule has 0 spiro atoms. The number of anilines is 1. The lowest BCUT2D eigenvalue weighted by atomic mass is 10.1. The minimum absolute atomic E-state index is 0.0478. The number of nitro groups is 1.